The molecule has 21 heavy (non-hydrogen) atoms. The summed E-state index contributed by atoms with van der Waals surface area (Å²) in [6.07, 6.45) is 2.89. The maximum Gasteiger partial charge on any atom is 0.319 e. The molecule has 1 aromatic rings. The molecule has 2 amide bonds. The molecule has 0 aliphatic heterocycles. The van der Waals surface area contributed by atoms with Gasteiger partial charge in [0, 0.05) is 35.0 Å². The maximum atomic E-state index is 11.6. The zero-order chi connectivity index (χ0) is 15.5. The lowest BCUT2D eigenvalue weighted by Crippen LogP contribution is -2.31. The lowest BCUT2D eigenvalue weighted by Gasteiger charge is -2.11. The molecule has 1 aromatic carbocycles. The second kappa shape index (κ2) is 6.26. The molecule has 2 rings (SSSR count). The second-order valence-corrected chi connectivity index (χ2v) is 6.68. The largest absolute Gasteiger partial charge is 0.481 e. The van der Waals surface area contributed by atoms with Gasteiger partial charge >= 0.3 is 12.0 Å². The number of carbonyl (C=O) groups is 2. The summed E-state index contributed by atoms with van der Waals surface area (Å²) in [5, 5.41) is 14.5. The van der Waals surface area contributed by atoms with E-state index in [0.29, 0.717) is 30.8 Å². The van der Waals surface area contributed by atoms with Crippen LogP contribution < -0.4 is 10.6 Å². The first-order valence-electron chi connectivity index (χ1n) is 6.63. The normalized spacial score (nSPS) is 16.8. The number of carboxylic acids is 1. The highest BCUT2D eigenvalue weighted by Gasteiger charge is 2.51. The van der Waals surface area contributed by atoms with E-state index >= 15 is 0 Å². The molecule has 1 aliphatic rings. The number of carbonyl (C=O) groups excluding carboxylic acids is 1. The predicted octanol–water partition coefficient (Wildman–Crippen LogP) is 1.30. The Kier molecular flexibility index (Phi) is 4.62. The van der Waals surface area contributed by atoms with Crippen molar-refractivity contribution in [3.05, 3.63) is 29.8 Å². The Balaban J connectivity index is 1.89. The molecular weight excluding hydrogens is 292 g/mol. The Morgan fingerprint density at radius 2 is 1.90 bits per heavy atom. The average Bonchev–Trinajstić information content (AvgIpc) is 3.20. The number of anilines is 1. The monoisotopic (exact) mass is 310 g/mol. The molecule has 0 aromatic heterocycles. The van der Waals surface area contributed by atoms with Crippen LogP contribution >= 0.6 is 0 Å². The van der Waals surface area contributed by atoms with Crippen molar-refractivity contribution in [2.45, 2.75) is 18.3 Å². The van der Waals surface area contributed by atoms with E-state index in [1.807, 2.05) is 0 Å². The van der Waals surface area contributed by atoms with Crippen LogP contribution in [0.5, 0.6) is 0 Å². The maximum absolute atomic E-state index is 11.6. The third-order valence-electron chi connectivity index (χ3n) is 3.53. The van der Waals surface area contributed by atoms with E-state index in [9.17, 15) is 18.9 Å². The molecule has 3 N–H and O–H groups in total. The fourth-order valence-electron chi connectivity index (χ4n) is 2.11. The van der Waals surface area contributed by atoms with Gasteiger partial charge in [0.25, 0.3) is 0 Å². The first kappa shape index (κ1) is 15.5. The fraction of sp³-hybridized carbons (Fsp3) is 0.429. The van der Waals surface area contributed by atoms with Crippen LogP contribution in [0.4, 0.5) is 10.5 Å². The van der Waals surface area contributed by atoms with Crippen molar-refractivity contribution in [3.63, 3.8) is 0 Å². The lowest BCUT2D eigenvalue weighted by molar-refractivity contribution is -0.140. The molecule has 0 bridgehead atoms. The van der Waals surface area contributed by atoms with Crippen molar-refractivity contribution in [1.82, 2.24) is 5.32 Å². The Morgan fingerprint density at radius 3 is 2.38 bits per heavy atom. The molecule has 114 valence electrons. The van der Waals surface area contributed by atoms with Gasteiger partial charge in [-0.2, -0.15) is 0 Å². The average molecular weight is 310 g/mol. The molecule has 7 heteroatoms. The molecule has 6 nitrogen and oxygen atoms in total. The SMILES string of the molecule is CS(=O)CCNC(=O)Nc1ccc(C2(C(=O)O)CC2)cc1. The van der Waals surface area contributed by atoms with Gasteiger partial charge in [0.2, 0.25) is 0 Å². The van der Waals surface area contributed by atoms with E-state index in [0.717, 1.165) is 5.56 Å². The molecule has 0 heterocycles. The summed E-state index contributed by atoms with van der Waals surface area (Å²) in [7, 11) is -0.937. The number of carboxylic acid groups (broad SMARTS) is 1. The van der Waals surface area contributed by atoms with Crippen LogP contribution in [0.3, 0.4) is 0 Å². The van der Waals surface area contributed by atoms with Crippen LogP contribution in [0.15, 0.2) is 24.3 Å². The molecule has 0 spiro atoms. The summed E-state index contributed by atoms with van der Waals surface area (Å²) in [5.41, 5.74) is 0.629. The summed E-state index contributed by atoms with van der Waals surface area (Å²) in [5.74, 6) is -0.387. The number of benzene rings is 1. The fourth-order valence-corrected chi connectivity index (χ4v) is 2.50. The van der Waals surface area contributed by atoms with Gasteiger partial charge in [-0.1, -0.05) is 12.1 Å². The summed E-state index contributed by atoms with van der Waals surface area (Å²) in [4.78, 5) is 22.8. The summed E-state index contributed by atoms with van der Waals surface area (Å²) in [6.45, 7) is 0.342. The van der Waals surface area contributed by atoms with E-state index in [-0.39, 0.29) is 6.03 Å². The third-order valence-corrected chi connectivity index (χ3v) is 4.31. The molecule has 1 atom stereocenters. The topological polar surface area (TPSA) is 95.5 Å². The van der Waals surface area contributed by atoms with Gasteiger partial charge < -0.3 is 15.7 Å². The number of aliphatic carboxylic acids is 1. The summed E-state index contributed by atoms with van der Waals surface area (Å²) in [6, 6.07) is 6.48. The highest BCUT2D eigenvalue weighted by molar-refractivity contribution is 7.84. The van der Waals surface area contributed by atoms with Crippen molar-refractivity contribution < 1.29 is 18.9 Å². The molecule has 1 aliphatic carbocycles. The van der Waals surface area contributed by atoms with Crippen LogP contribution in [0.25, 0.3) is 0 Å². The van der Waals surface area contributed by atoms with Gasteiger partial charge in [-0.3, -0.25) is 9.00 Å². The van der Waals surface area contributed by atoms with Gasteiger partial charge in [0.1, 0.15) is 0 Å². The van der Waals surface area contributed by atoms with Crippen molar-refractivity contribution in [2.75, 3.05) is 23.9 Å². The summed E-state index contributed by atoms with van der Waals surface area (Å²) >= 11 is 0. The second-order valence-electron chi connectivity index (χ2n) is 5.12. The molecule has 1 saturated carbocycles. The Labute approximate surface area is 125 Å². The van der Waals surface area contributed by atoms with Crippen LogP contribution in [-0.4, -0.2) is 39.9 Å². The van der Waals surface area contributed by atoms with Crippen LogP contribution in [0.2, 0.25) is 0 Å². The van der Waals surface area contributed by atoms with Gasteiger partial charge in [-0.05, 0) is 30.5 Å². The van der Waals surface area contributed by atoms with Gasteiger partial charge in [0.15, 0.2) is 0 Å². The first-order chi connectivity index (χ1) is 9.94. The zero-order valence-corrected chi connectivity index (χ0v) is 12.5. The molecule has 1 fully saturated rings. The van der Waals surface area contributed by atoms with Crippen LogP contribution in [0, 0.1) is 0 Å². The minimum Gasteiger partial charge on any atom is -0.481 e. The number of urea groups is 1. The predicted molar refractivity (Wildman–Crippen MR) is 80.9 cm³/mol. The van der Waals surface area contributed by atoms with Crippen LogP contribution in [0.1, 0.15) is 18.4 Å². The van der Waals surface area contributed by atoms with E-state index in [1.165, 1.54) is 0 Å². The van der Waals surface area contributed by atoms with Crippen molar-refractivity contribution in [2.24, 2.45) is 0 Å². The van der Waals surface area contributed by atoms with Crippen molar-refractivity contribution in [3.8, 4) is 0 Å². The zero-order valence-electron chi connectivity index (χ0n) is 11.7. The highest BCUT2D eigenvalue weighted by atomic mass is 32.2. The van der Waals surface area contributed by atoms with E-state index < -0.39 is 22.2 Å². The quantitative estimate of drug-likeness (QED) is 0.738. The number of nitrogens with one attached hydrogen (secondary N) is 2. The van der Waals surface area contributed by atoms with Gasteiger partial charge in [-0.15, -0.1) is 0 Å². The van der Waals surface area contributed by atoms with E-state index in [2.05, 4.69) is 10.6 Å². The standard InChI is InChI=1S/C14H18N2O4S/c1-21(20)9-8-15-13(19)16-11-4-2-10(3-5-11)14(6-7-14)12(17)18/h2-5H,6-9H2,1H3,(H,17,18)(H2,15,16,19). The minimum atomic E-state index is -0.937. The smallest absolute Gasteiger partial charge is 0.319 e. The third kappa shape index (κ3) is 3.81. The van der Waals surface area contributed by atoms with E-state index in [1.54, 1.807) is 30.5 Å². The Hall–Kier alpha value is -1.89. The lowest BCUT2D eigenvalue weighted by atomic mass is 9.96. The van der Waals surface area contributed by atoms with Gasteiger partial charge in [0.05, 0.1) is 5.41 Å². The number of hydrogen-bond donors (Lipinski definition) is 3. The molecule has 0 radical (unpaired) electrons. The Morgan fingerprint density at radius 1 is 1.29 bits per heavy atom. The summed E-state index contributed by atoms with van der Waals surface area (Å²) < 4.78 is 10.9. The van der Waals surface area contributed by atoms with Crippen molar-refractivity contribution >= 4 is 28.5 Å². The molecule has 0 saturated heterocycles. The minimum absolute atomic E-state index is 0.342. The first-order valence-corrected chi connectivity index (χ1v) is 8.35. The number of amides is 2. The van der Waals surface area contributed by atoms with Crippen molar-refractivity contribution in [1.29, 1.82) is 0 Å². The highest BCUT2D eigenvalue weighted by Crippen LogP contribution is 2.48. The van der Waals surface area contributed by atoms with Crippen LogP contribution in [-0.2, 0) is 21.0 Å². The number of hydrogen-bond acceptors (Lipinski definition) is 3. The molecule has 1 unspecified atom stereocenters. The molecular formula is C14H18N2O4S. The number of rotatable bonds is 6. The van der Waals surface area contributed by atoms with E-state index in [4.69, 9.17) is 0 Å². The van der Waals surface area contributed by atoms with Gasteiger partial charge in [-0.25, -0.2) is 4.79 Å². The Bertz CT molecular complexity index is 567.